The molecule has 0 aromatic heterocycles. The number of hydrogen-bond donors (Lipinski definition) is 1. The van der Waals surface area contributed by atoms with Gasteiger partial charge >= 0.3 is 0 Å². The van der Waals surface area contributed by atoms with E-state index < -0.39 is 0 Å². The van der Waals surface area contributed by atoms with Crippen LogP contribution in [0.3, 0.4) is 0 Å². The van der Waals surface area contributed by atoms with Gasteiger partial charge in [0.05, 0.1) is 0 Å². The summed E-state index contributed by atoms with van der Waals surface area (Å²) in [7, 11) is 0. The SMILES string of the molecule is CC(C)N1CCC(C(C)(C)C)N1. The Morgan fingerprint density at radius 2 is 1.92 bits per heavy atom. The molecule has 0 saturated carbocycles. The molecule has 1 rings (SSSR count). The summed E-state index contributed by atoms with van der Waals surface area (Å²) in [6.07, 6.45) is 1.28. The lowest BCUT2D eigenvalue weighted by atomic mass is 9.86. The highest BCUT2D eigenvalue weighted by molar-refractivity contribution is 4.85. The average Bonchev–Trinajstić information content (AvgIpc) is 2.30. The standard InChI is InChI=1S/C10H22N2/c1-8(2)12-7-6-9(11-12)10(3,4)5/h8-9,11H,6-7H2,1-5H3. The van der Waals surface area contributed by atoms with Gasteiger partial charge in [-0.1, -0.05) is 20.8 Å². The molecule has 2 heteroatoms. The highest BCUT2D eigenvalue weighted by Gasteiger charge is 2.31. The van der Waals surface area contributed by atoms with E-state index in [4.69, 9.17) is 0 Å². The Balaban J connectivity index is 2.46. The molecule has 1 unspecified atom stereocenters. The minimum Gasteiger partial charge on any atom is -0.251 e. The van der Waals surface area contributed by atoms with E-state index in [1.807, 2.05) is 0 Å². The first-order valence-corrected chi connectivity index (χ1v) is 4.94. The van der Waals surface area contributed by atoms with Crippen molar-refractivity contribution in [2.75, 3.05) is 6.54 Å². The lowest BCUT2D eigenvalue weighted by Crippen LogP contribution is -2.44. The summed E-state index contributed by atoms with van der Waals surface area (Å²) in [4.78, 5) is 0. The minimum atomic E-state index is 0.393. The van der Waals surface area contributed by atoms with Gasteiger partial charge in [-0.05, 0) is 25.7 Å². The zero-order valence-electron chi connectivity index (χ0n) is 9.02. The maximum absolute atomic E-state index is 3.56. The van der Waals surface area contributed by atoms with E-state index in [9.17, 15) is 0 Å². The molecule has 1 atom stereocenters. The second-order valence-electron chi connectivity index (χ2n) is 5.12. The maximum Gasteiger partial charge on any atom is 0.0276 e. The monoisotopic (exact) mass is 170 g/mol. The minimum absolute atomic E-state index is 0.393. The van der Waals surface area contributed by atoms with E-state index in [0.717, 1.165) is 0 Å². The molecule has 0 spiro atoms. The van der Waals surface area contributed by atoms with Gasteiger partial charge in [0.1, 0.15) is 0 Å². The molecular weight excluding hydrogens is 148 g/mol. The number of hydrogen-bond acceptors (Lipinski definition) is 2. The van der Waals surface area contributed by atoms with Gasteiger partial charge in [-0.3, -0.25) is 5.43 Å². The van der Waals surface area contributed by atoms with Crippen LogP contribution < -0.4 is 5.43 Å². The summed E-state index contributed by atoms with van der Waals surface area (Å²) in [5.74, 6) is 0. The predicted molar refractivity (Wildman–Crippen MR) is 52.8 cm³/mol. The molecule has 2 nitrogen and oxygen atoms in total. The second kappa shape index (κ2) is 3.35. The van der Waals surface area contributed by atoms with Gasteiger partial charge in [0.2, 0.25) is 0 Å². The van der Waals surface area contributed by atoms with Gasteiger partial charge < -0.3 is 0 Å². The molecule has 1 N–H and O–H groups in total. The Labute approximate surface area is 76.3 Å². The lowest BCUT2D eigenvalue weighted by molar-refractivity contribution is 0.153. The van der Waals surface area contributed by atoms with E-state index in [-0.39, 0.29) is 0 Å². The molecule has 72 valence electrons. The molecule has 1 heterocycles. The molecule has 12 heavy (non-hydrogen) atoms. The van der Waals surface area contributed by atoms with Gasteiger partial charge in [0.25, 0.3) is 0 Å². The molecule has 1 fully saturated rings. The van der Waals surface area contributed by atoms with Gasteiger partial charge in [-0.25, -0.2) is 5.01 Å². The highest BCUT2D eigenvalue weighted by atomic mass is 15.5. The molecule has 0 aromatic carbocycles. The van der Waals surface area contributed by atoms with Crippen LogP contribution in [0.2, 0.25) is 0 Å². The summed E-state index contributed by atoms with van der Waals surface area (Å²) < 4.78 is 0. The van der Waals surface area contributed by atoms with Gasteiger partial charge in [0.15, 0.2) is 0 Å². The first-order chi connectivity index (χ1) is 5.41. The van der Waals surface area contributed by atoms with Crippen LogP contribution in [0.1, 0.15) is 41.0 Å². The Bertz CT molecular complexity index is 146. The Morgan fingerprint density at radius 3 is 2.17 bits per heavy atom. The molecule has 1 aliphatic heterocycles. The van der Waals surface area contributed by atoms with Crippen molar-refractivity contribution in [3.05, 3.63) is 0 Å². The summed E-state index contributed by atoms with van der Waals surface area (Å²) in [6, 6.07) is 1.28. The topological polar surface area (TPSA) is 15.3 Å². The molecule has 0 amide bonds. The van der Waals surface area contributed by atoms with Crippen molar-refractivity contribution in [2.24, 2.45) is 5.41 Å². The lowest BCUT2D eigenvalue weighted by Gasteiger charge is -2.29. The van der Waals surface area contributed by atoms with Crippen LogP contribution in [0.4, 0.5) is 0 Å². The second-order valence-corrected chi connectivity index (χ2v) is 5.12. The molecular formula is C10H22N2. The predicted octanol–water partition coefficient (Wildman–Crippen LogP) is 2.02. The van der Waals surface area contributed by atoms with Crippen molar-refractivity contribution in [3.8, 4) is 0 Å². The fraction of sp³-hybridized carbons (Fsp3) is 1.00. The zero-order valence-corrected chi connectivity index (χ0v) is 9.02. The van der Waals surface area contributed by atoms with Crippen LogP contribution in [0.15, 0.2) is 0 Å². The largest absolute Gasteiger partial charge is 0.251 e. The third kappa shape index (κ3) is 2.20. The van der Waals surface area contributed by atoms with E-state index in [1.54, 1.807) is 0 Å². The number of nitrogens with zero attached hydrogens (tertiary/aromatic N) is 1. The van der Waals surface area contributed by atoms with Crippen molar-refractivity contribution in [2.45, 2.75) is 53.1 Å². The van der Waals surface area contributed by atoms with Crippen molar-refractivity contribution < 1.29 is 0 Å². The first-order valence-electron chi connectivity index (χ1n) is 4.94. The van der Waals surface area contributed by atoms with Crippen LogP contribution in [-0.2, 0) is 0 Å². The summed E-state index contributed by atoms with van der Waals surface area (Å²) in [6.45, 7) is 12.6. The smallest absolute Gasteiger partial charge is 0.0276 e. The Kier molecular flexibility index (Phi) is 2.79. The summed E-state index contributed by atoms with van der Waals surface area (Å²) in [5, 5.41) is 2.34. The van der Waals surface area contributed by atoms with E-state index >= 15 is 0 Å². The van der Waals surface area contributed by atoms with Gasteiger partial charge in [-0.2, -0.15) is 0 Å². The van der Waals surface area contributed by atoms with Crippen molar-refractivity contribution in [3.63, 3.8) is 0 Å². The number of rotatable bonds is 1. The normalized spacial score (nSPS) is 27.0. The van der Waals surface area contributed by atoms with E-state index in [2.05, 4.69) is 45.1 Å². The number of nitrogens with one attached hydrogen (secondary N) is 1. The number of hydrazine groups is 1. The van der Waals surface area contributed by atoms with Crippen molar-refractivity contribution >= 4 is 0 Å². The van der Waals surface area contributed by atoms with E-state index in [0.29, 0.717) is 17.5 Å². The summed E-state index contributed by atoms with van der Waals surface area (Å²) >= 11 is 0. The van der Waals surface area contributed by atoms with Crippen LogP contribution in [0.25, 0.3) is 0 Å². The molecule has 1 aliphatic rings. The Hall–Kier alpha value is -0.0800. The third-order valence-corrected chi connectivity index (χ3v) is 2.65. The molecule has 0 radical (unpaired) electrons. The summed E-state index contributed by atoms with van der Waals surface area (Å²) in [5.41, 5.74) is 3.96. The van der Waals surface area contributed by atoms with Gasteiger partial charge in [0, 0.05) is 18.6 Å². The van der Waals surface area contributed by atoms with Crippen LogP contribution in [0, 0.1) is 5.41 Å². The fourth-order valence-electron chi connectivity index (χ4n) is 1.63. The maximum atomic E-state index is 3.56. The van der Waals surface area contributed by atoms with Crippen LogP contribution >= 0.6 is 0 Å². The van der Waals surface area contributed by atoms with Crippen molar-refractivity contribution in [1.29, 1.82) is 0 Å². The van der Waals surface area contributed by atoms with Crippen molar-refractivity contribution in [1.82, 2.24) is 10.4 Å². The first kappa shape index (κ1) is 10.0. The quantitative estimate of drug-likeness (QED) is 0.647. The zero-order chi connectivity index (χ0) is 9.35. The molecule has 1 saturated heterocycles. The third-order valence-electron chi connectivity index (χ3n) is 2.65. The Morgan fingerprint density at radius 1 is 1.33 bits per heavy atom. The van der Waals surface area contributed by atoms with Crippen LogP contribution in [-0.4, -0.2) is 23.6 Å². The fourth-order valence-corrected chi connectivity index (χ4v) is 1.63. The van der Waals surface area contributed by atoms with Crippen LogP contribution in [0.5, 0.6) is 0 Å². The highest BCUT2D eigenvalue weighted by Crippen LogP contribution is 2.26. The van der Waals surface area contributed by atoms with Gasteiger partial charge in [-0.15, -0.1) is 0 Å². The average molecular weight is 170 g/mol. The molecule has 0 bridgehead atoms. The van der Waals surface area contributed by atoms with E-state index in [1.165, 1.54) is 13.0 Å². The molecule has 0 aliphatic carbocycles. The molecule has 0 aromatic rings.